The summed E-state index contributed by atoms with van der Waals surface area (Å²) in [5, 5.41) is 3.40. The van der Waals surface area contributed by atoms with E-state index in [1.807, 2.05) is 6.08 Å². The van der Waals surface area contributed by atoms with E-state index in [-0.39, 0.29) is 0 Å². The van der Waals surface area contributed by atoms with Gasteiger partial charge in [-0.3, -0.25) is 4.90 Å². The Morgan fingerprint density at radius 1 is 1.47 bits per heavy atom. The number of hydrogen-bond acceptors (Lipinski definition) is 2. The summed E-state index contributed by atoms with van der Waals surface area (Å²) in [7, 11) is 0. The van der Waals surface area contributed by atoms with Gasteiger partial charge in [-0.15, -0.1) is 6.58 Å². The standard InChI is InChI=1S/C15H22N2/c1-3-9-17(10-4-2)12-13-5-6-15-14(11-13)7-8-16-15/h3,5-6,11,16H,1,4,7-10,12H2,2H3. The van der Waals surface area contributed by atoms with Crippen LogP contribution < -0.4 is 5.32 Å². The van der Waals surface area contributed by atoms with Gasteiger partial charge in [-0.2, -0.15) is 0 Å². The Kier molecular flexibility index (Phi) is 4.21. The number of nitrogens with zero attached hydrogens (tertiary/aromatic N) is 1. The first-order valence-electron chi connectivity index (χ1n) is 6.52. The summed E-state index contributed by atoms with van der Waals surface area (Å²) in [5.74, 6) is 0. The maximum absolute atomic E-state index is 3.83. The Hall–Kier alpha value is -1.28. The molecule has 1 aliphatic heterocycles. The van der Waals surface area contributed by atoms with E-state index in [4.69, 9.17) is 0 Å². The molecule has 1 N–H and O–H groups in total. The van der Waals surface area contributed by atoms with Gasteiger partial charge in [0.05, 0.1) is 0 Å². The van der Waals surface area contributed by atoms with Crippen molar-refractivity contribution in [2.24, 2.45) is 0 Å². The molecule has 0 aromatic heterocycles. The molecule has 0 saturated carbocycles. The summed E-state index contributed by atoms with van der Waals surface area (Å²) >= 11 is 0. The first kappa shape index (κ1) is 12.2. The molecule has 1 heterocycles. The molecule has 0 saturated heterocycles. The van der Waals surface area contributed by atoms with Crippen molar-refractivity contribution in [1.29, 1.82) is 0 Å². The van der Waals surface area contributed by atoms with Crippen molar-refractivity contribution in [3.05, 3.63) is 42.0 Å². The molecule has 2 rings (SSSR count). The molecule has 2 heteroatoms. The molecular formula is C15H22N2. The minimum Gasteiger partial charge on any atom is -0.384 e. The smallest absolute Gasteiger partial charge is 0.0373 e. The SMILES string of the molecule is C=CCN(CCC)Cc1ccc2c(c1)CCN2. The minimum absolute atomic E-state index is 0.975. The summed E-state index contributed by atoms with van der Waals surface area (Å²) in [6.45, 7) is 10.3. The van der Waals surface area contributed by atoms with Crippen molar-refractivity contribution >= 4 is 5.69 Å². The molecule has 92 valence electrons. The number of rotatable bonds is 6. The van der Waals surface area contributed by atoms with E-state index < -0.39 is 0 Å². The van der Waals surface area contributed by atoms with Crippen LogP contribution in [-0.4, -0.2) is 24.5 Å². The van der Waals surface area contributed by atoms with Crippen LogP contribution in [0, 0.1) is 0 Å². The van der Waals surface area contributed by atoms with Gasteiger partial charge in [0, 0.05) is 25.3 Å². The van der Waals surface area contributed by atoms with Crippen molar-refractivity contribution in [2.75, 3.05) is 25.0 Å². The second kappa shape index (κ2) is 5.87. The largest absolute Gasteiger partial charge is 0.384 e. The molecule has 2 nitrogen and oxygen atoms in total. The summed E-state index contributed by atoms with van der Waals surface area (Å²) in [6, 6.07) is 6.81. The summed E-state index contributed by atoms with van der Waals surface area (Å²) in [6.07, 6.45) is 4.35. The molecule has 0 spiro atoms. The maximum atomic E-state index is 3.83. The molecule has 1 aromatic rings. The molecule has 0 fully saturated rings. The quantitative estimate of drug-likeness (QED) is 0.756. The highest BCUT2D eigenvalue weighted by Crippen LogP contribution is 2.23. The van der Waals surface area contributed by atoms with E-state index in [2.05, 4.69) is 41.9 Å². The van der Waals surface area contributed by atoms with Crippen molar-refractivity contribution in [2.45, 2.75) is 26.3 Å². The Bertz CT molecular complexity index is 385. The summed E-state index contributed by atoms with van der Waals surface area (Å²) < 4.78 is 0. The van der Waals surface area contributed by atoms with Crippen LogP contribution in [0.2, 0.25) is 0 Å². The monoisotopic (exact) mass is 230 g/mol. The van der Waals surface area contributed by atoms with Gasteiger partial charge in [0.1, 0.15) is 0 Å². The third-order valence-electron chi connectivity index (χ3n) is 3.21. The fourth-order valence-electron chi connectivity index (χ4n) is 2.45. The van der Waals surface area contributed by atoms with Gasteiger partial charge in [-0.25, -0.2) is 0 Å². The Labute approximate surface area is 104 Å². The van der Waals surface area contributed by atoms with Crippen LogP contribution in [0.4, 0.5) is 5.69 Å². The lowest BCUT2D eigenvalue weighted by atomic mass is 10.1. The number of hydrogen-bond donors (Lipinski definition) is 1. The van der Waals surface area contributed by atoms with Crippen LogP contribution >= 0.6 is 0 Å². The first-order valence-corrected chi connectivity index (χ1v) is 6.52. The van der Waals surface area contributed by atoms with Gasteiger partial charge >= 0.3 is 0 Å². The Balaban J connectivity index is 2.03. The Morgan fingerprint density at radius 2 is 2.35 bits per heavy atom. The first-order chi connectivity index (χ1) is 8.33. The van der Waals surface area contributed by atoms with Crippen LogP contribution in [0.25, 0.3) is 0 Å². The fraction of sp³-hybridized carbons (Fsp3) is 0.467. The maximum Gasteiger partial charge on any atom is 0.0373 e. The molecule has 0 radical (unpaired) electrons. The lowest BCUT2D eigenvalue weighted by molar-refractivity contribution is 0.295. The summed E-state index contributed by atoms with van der Waals surface area (Å²) in [4.78, 5) is 2.44. The number of anilines is 1. The highest BCUT2D eigenvalue weighted by atomic mass is 15.1. The van der Waals surface area contributed by atoms with Crippen molar-refractivity contribution < 1.29 is 0 Å². The number of nitrogens with one attached hydrogen (secondary N) is 1. The summed E-state index contributed by atoms with van der Waals surface area (Å²) in [5.41, 5.74) is 4.21. The average molecular weight is 230 g/mol. The zero-order chi connectivity index (χ0) is 12.1. The molecule has 0 atom stereocenters. The highest BCUT2D eigenvalue weighted by Gasteiger charge is 2.11. The van der Waals surface area contributed by atoms with Gasteiger partial charge in [0.25, 0.3) is 0 Å². The van der Waals surface area contributed by atoms with Gasteiger partial charge in [0.2, 0.25) is 0 Å². The highest BCUT2D eigenvalue weighted by molar-refractivity contribution is 5.56. The van der Waals surface area contributed by atoms with Gasteiger partial charge in [-0.05, 0) is 36.6 Å². The van der Waals surface area contributed by atoms with Crippen LogP contribution in [0.15, 0.2) is 30.9 Å². The zero-order valence-corrected chi connectivity index (χ0v) is 10.7. The van der Waals surface area contributed by atoms with Gasteiger partial charge < -0.3 is 5.32 Å². The molecule has 1 aliphatic rings. The molecule has 0 unspecified atom stereocenters. The van der Waals surface area contributed by atoms with E-state index >= 15 is 0 Å². The number of fused-ring (bicyclic) bond motifs is 1. The predicted octanol–water partition coefficient (Wildman–Crippen LogP) is 3.05. The van der Waals surface area contributed by atoms with Crippen molar-refractivity contribution in [3.8, 4) is 0 Å². The third kappa shape index (κ3) is 3.10. The molecule has 17 heavy (non-hydrogen) atoms. The normalized spacial score (nSPS) is 13.5. The predicted molar refractivity (Wildman–Crippen MR) is 74.4 cm³/mol. The van der Waals surface area contributed by atoms with E-state index in [9.17, 15) is 0 Å². The van der Waals surface area contributed by atoms with E-state index in [1.165, 1.54) is 29.7 Å². The average Bonchev–Trinajstić information content (AvgIpc) is 2.77. The lowest BCUT2D eigenvalue weighted by Gasteiger charge is -2.20. The van der Waals surface area contributed by atoms with E-state index in [0.29, 0.717) is 0 Å². The minimum atomic E-state index is 0.975. The van der Waals surface area contributed by atoms with Crippen LogP contribution in [-0.2, 0) is 13.0 Å². The Morgan fingerprint density at radius 3 is 3.12 bits per heavy atom. The van der Waals surface area contributed by atoms with E-state index in [1.54, 1.807) is 0 Å². The van der Waals surface area contributed by atoms with Gasteiger partial charge in [-0.1, -0.05) is 25.1 Å². The molecule has 0 amide bonds. The van der Waals surface area contributed by atoms with Crippen LogP contribution in [0.1, 0.15) is 24.5 Å². The lowest BCUT2D eigenvalue weighted by Crippen LogP contribution is -2.24. The second-order valence-electron chi connectivity index (χ2n) is 4.69. The molecule has 0 bridgehead atoms. The van der Waals surface area contributed by atoms with Gasteiger partial charge in [0.15, 0.2) is 0 Å². The third-order valence-corrected chi connectivity index (χ3v) is 3.21. The van der Waals surface area contributed by atoms with Crippen molar-refractivity contribution in [3.63, 3.8) is 0 Å². The molecular weight excluding hydrogens is 208 g/mol. The topological polar surface area (TPSA) is 15.3 Å². The molecule has 1 aromatic carbocycles. The molecule has 0 aliphatic carbocycles. The fourth-order valence-corrected chi connectivity index (χ4v) is 2.45. The van der Waals surface area contributed by atoms with E-state index in [0.717, 1.165) is 26.2 Å². The second-order valence-corrected chi connectivity index (χ2v) is 4.69. The van der Waals surface area contributed by atoms with Crippen molar-refractivity contribution in [1.82, 2.24) is 4.90 Å². The van der Waals surface area contributed by atoms with Crippen LogP contribution in [0.5, 0.6) is 0 Å². The number of benzene rings is 1. The zero-order valence-electron chi connectivity index (χ0n) is 10.7. The van der Waals surface area contributed by atoms with Crippen LogP contribution in [0.3, 0.4) is 0 Å².